The van der Waals surface area contributed by atoms with Crippen LogP contribution in [0.2, 0.25) is 0 Å². The van der Waals surface area contributed by atoms with E-state index in [0.29, 0.717) is 5.56 Å². The zero-order chi connectivity index (χ0) is 14.0. The molecule has 0 aliphatic rings. The van der Waals surface area contributed by atoms with E-state index in [2.05, 4.69) is 0 Å². The Hall–Kier alpha value is -2.23. The molecule has 0 unspecified atom stereocenters. The van der Waals surface area contributed by atoms with E-state index in [1.54, 1.807) is 24.3 Å². The van der Waals surface area contributed by atoms with Gasteiger partial charge in [0.1, 0.15) is 5.82 Å². The van der Waals surface area contributed by atoms with Crippen molar-refractivity contribution in [2.24, 2.45) is 0 Å². The molecule has 0 fully saturated rings. The summed E-state index contributed by atoms with van der Waals surface area (Å²) in [5.74, 6) is -2.58. The van der Waals surface area contributed by atoms with Gasteiger partial charge in [0.25, 0.3) is 0 Å². The molecule has 0 saturated carbocycles. The Labute approximate surface area is 109 Å². The summed E-state index contributed by atoms with van der Waals surface area (Å²) in [5, 5.41) is 8.76. The summed E-state index contributed by atoms with van der Waals surface area (Å²) in [6, 6.07) is 12.8. The minimum atomic E-state index is -2.74. The Morgan fingerprint density at radius 3 is 2.26 bits per heavy atom. The molecule has 0 radical (unpaired) electrons. The molecule has 2 nitrogen and oxygen atoms in total. The first-order valence-corrected chi connectivity index (χ1v) is 5.70. The Morgan fingerprint density at radius 2 is 1.74 bits per heavy atom. The molecule has 0 saturated heterocycles. The third-order valence-electron chi connectivity index (χ3n) is 2.98. The van der Waals surface area contributed by atoms with Crippen LogP contribution in [-0.2, 0) is 10.5 Å². The highest BCUT2D eigenvalue weighted by Gasteiger charge is 2.37. The number of hydrogen-bond acceptors (Lipinski definition) is 1. The predicted molar refractivity (Wildman–Crippen MR) is 67.9 cm³/mol. The fraction of sp³-hybridized carbons (Fsp3) is 0.133. The van der Waals surface area contributed by atoms with Crippen molar-refractivity contribution in [1.29, 1.82) is 0 Å². The van der Waals surface area contributed by atoms with Crippen LogP contribution >= 0.6 is 0 Å². The molecule has 0 aliphatic heterocycles. The minimum Gasteiger partial charge on any atom is -0.479 e. The van der Waals surface area contributed by atoms with Crippen molar-refractivity contribution in [3.63, 3.8) is 0 Å². The van der Waals surface area contributed by atoms with Crippen LogP contribution in [0.1, 0.15) is 12.5 Å². The van der Waals surface area contributed by atoms with Crippen LogP contribution in [-0.4, -0.2) is 11.1 Å². The van der Waals surface area contributed by atoms with Crippen LogP contribution in [0.15, 0.2) is 48.5 Å². The fourth-order valence-electron chi connectivity index (χ4n) is 1.82. The van der Waals surface area contributed by atoms with Crippen molar-refractivity contribution in [3.05, 3.63) is 59.9 Å². The molecule has 0 bridgehead atoms. The number of alkyl halides is 1. The highest BCUT2D eigenvalue weighted by Crippen LogP contribution is 2.31. The molecule has 1 N–H and O–H groups in total. The maximum atomic E-state index is 13.9. The van der Waals surface area contributed by atoms with Crippen molar-refractivity contribution in [2.75, 3.05) is 0 Å². The van der Waals surface area contributed by atoms with E-state index in [1.165, 1.54) is 12.1 Å². The second kappa shape index (κ2) is 4.80. The Morgan fingerprint density at radius 1 is 1.11 bits per heavy atom. The van der Waals surface area contributed by atoms with Gasteiger partial charge in [-0.25, -0.2) is 13.6 Å². The molecule has 0 aliphatic carbocycles. The summed E-state index contributed by atoms with van der Waals surface area (Å²) in [4.78, 5) is 10.8. The lowest BCUT2D eigenvalue weighted by atomic mass is 9.94. The van der Waals surface area contributed by atoms with Crippen molar-refractivity contribution in [3.8, 4) is 11.1 Å². The molecule has 1 atom stereocenters. The van der Waals surface area contributed by atoms with E-state index in [9.17, 15) is 13.6 Å². The van der Waals surface area contributed by atoms with Crippen molar-refractivity contribution in [2.45, 2.75) is 12.6 Å². The zero-order valence-corrected chi connectivity index (χ0v) is 10.2. The molecule has 19 heavy (non-hydrogen) atoms. The average molecular weight is 262 g/mol. The molecule has 0 amide bonds. The lowest BCUT2D eigenvalue weighted by Gasteiger charge is -2.16. The predicted octanol–water partition coefficient (Wildman–Crippen LogP) is 3.76. The van der Waals surface area contributed by atoms with E-state index in [1.807, 2.05) is 6.07 Å². The van der Waals surface area contributed by atoms with Gasteiger partial charge in [0.15, 0.2) is 0 Å². The monoisotopic (exact) mass is 262 g/mol. The normalized spacial score (nSPS) is 13.8. The van der Waals surface area contributed by atoms with E-state index in [4.69, 9.17) is 5.11 Å². The number of aliphatic carboxylic acids is 1. The molecular formula is C15H12F2O2. The lowest BCUT2D eigenvalue weighted by molar-refractivity contribution is -0.150. The topological polar surface area (TPSA) is 37.3 Å². The molecule has 2 rings (SSSR count). The van der Waals surface area contributed by atoms with E-state index >= 15 is 0 Å². The second-order valence-electron chi connectivity index (χ2n) is 4.37. The largest absolute Gasteiger partial charge is 0.479 e. The first-order valence-electron chi connectivity index (χ1n) is 5.70. The van der Waals surface area contributed by atoms with Gasteiger partial charge in [0, 0.05) is 5.56 Å². The van der Waals surface area contributed by atoms with E-state index < -0.39 is 23.0 Å². The first-order chi connectivity index (χ1) is 8.93. The lowest BCUT2D eigenvalue weighted by Crippen LogP contribution is -2.28. The molecule has 0 spiro atoms. The number of halogens is 2. The maximum absolute atomic E-state index is 13.9. The smallest absolute Gasteiger partial charge is 0.346 e. The van der Waals surface area contributed by atoms with E-state index in [-0.39, 0.29) is 0 Å². The van der Waals surface area contributed by atoms with Crippen molar-refractivity contribution in [1.82, 2.24) is 0 Å². The van der Waals surface area contributed by atoms with Gasteiger partial charge in [0.2, 0.25) is 5.67 Å². The van der Waals surface area contributed by atoms with Gasteiger partial charge < -0.3 is 5.11 Å². The number of carboxylic acid groups (broad SMARTS) is 1. The standard InChI is InChI=1S/C15H12F2O2/c1-15(17,14(18)19)12-8-7-11(9-13(12)16)10-5-3-2-4-6-10/h2-9H,1H3,(H,18,19)/t15-/m0/s1. The van der Waals surface area contributed by atoms with Crippen LogP contribution in [0.3, 0.4) is 0 Å². The molecule has 4 heteroatoms. The Bertz CT molecular complexity index is 607. The number of benzene rings is 2. The van der Waals surface area contributed by atoms with Gasteiger partial charge >= 0.3 is 5.97 Å². The SMILES string of the molecule is C[C@@](F)(C(=O)O)c1ccc(-c2ccccc2)cc1F. The van der Waals surface area contributed by atoms with Gasteiger partial charge in [-0.05, 0) is 24.1 Å². The Kier molecular flexibility index (Phi) is 3.34. The summed E-state index contributed by atoms with van der Waals surface area (Å²) in [5.41, 5.74) is -1.86. The average Bonchev–Trinajstić information content (AvgIpc) is 2.39. The highest BCUT2D eigenvalue weighted by molar-refractivity contribution is 5.79. The number of hydrogen-bond donors (Lipinski definition) is 1. The van der Waals surface area contributed by atoms with Crippen LogP contribution in [0, 0.1) is 5.82 Å². The summed E-state index contributed by atoms with van der Waals surface area (Å²) in [7, 11) is 0. The van der Waals surface area contributed by atoms with Crippen LogP contribution < -0.4 is 0 Å². The molecule has 98 valence electrons. The third-order valence-corrected chi connectivity index (χ3v) is 2.98. The molecule has 2 aromatic carbocycles. The summed E-state index contributed by atoms with van der Waals surface area (Å²) < 4.78 is 27.8. The van der Waals surface area contributed by atoms with Gasteiger partial charge in [-0.2, -0.15) is 0 Å². The number of carbonyl (C=O) groups is 1. The van der Waals surface area contributed by atoms with Gasteiger partial charge in [-0.15, -0.1) is 0 Å². The molecule has 0 aromatic heterocycles. The zero-order valence-electron chi connectivity index (χ0n) is 10.2. The third kappa shape index (κ3) is 2.47. The van der Waals surface area contributed by atoms with Crippen LogP contribution in [0.4, 0.5) is 8.78 Å². The second-order valence-corrected chi connectivity index (χ2v) is 4.37. The summed E-state index contributed by atoms with van der Waals surface area (Å²) >= 11 is 0. The van der Waals surface area contributed by atoms with Crippen molar-refractivity contribution >= 4 is 5.97 Å². The van der Waals surface area contributed by atoms with Gasteiger partial charge in [-0.1, -0.05) is 42.5 Å². The highest BCUT2D eigenvalue weighted by atomic mass is 19.1. The fourth-order valence-corrected chi connectivity index (χ4v) is 1.82. The molecular weight excluding hydrogens is 250 g/mol. The van der Waals surface area contributed by atoms with Crippen LogP contribution in [0.5, 0.6) is 0 Å². The van der Waals surface area contributed by atoms with Crippen molar-refractivity contribution < 1.29 is 18.7 Å². The number of rotatable bonds is 3. The Balaban J connectivity index is 2.47. The van der Waals surface area contributed by atoms with Gasteiger partial charge in [0.05, 0.1) is 0 Å². The van der Waals surface area contributed by atoms with E-state index in [0.717, 1.165) is 18.6 Å². The van der Waals surface area contributed by atoms with Crippen LogP contribution in [0.25, 0.3) is 11.1 Å². The summed E-state index contributed by atoms with van der Waals surface area (Å²) in [6.45, 7) is 0.829. The van der Waals surface area contributed by atoms with Gasteiger partial charge in [-0.3, -0.25) is 0 Å². The minimum absolute atomic E-state index is 0.473. The summed E-state index contributed by atoms with van der Waals surface area (Å²) in [6.07, 6.45) is 0. The maximum Gasteiger partial charge on any atom is 0.346 e. The molecule has 2 aromatic rings. The first kappa shape index (κ1) is 13.2. The quantitative estimate of drug-likeness (QED) is 0.914. The number of carboxylic acids is 1. The molecule has 0 heterocycles.